The molecule has 2 saturated carbocycles. The zero-order chi connectivity index (χ0) is 36.0. The number of ether oxygens (including phenoxy) is 1. The Hall–Kier alpha value is -4.14. The van der Waals surface area contributed by atoms with Gasteiger partial charge in [0, 0.05) is 39.0 Å². The number of nitrogens with zero attached hydrogens (tertiary/aromatic N) is 3. The van der Waals surface area contributed by atoms with Crippen LogP contribution in [0.3, 0.4) is 0 Å². The van der Waals surface area contributed by atoms with E-state index in [2.05, 4.69) is 28.0 Å². The van der Waals surface area contributed by atoms with Crippen LogP contribution in [0.15, 0.2) is 30.9 Å². The number of nitrogens with one attached hydrogen (secondary N) is 3. The molecule has 3 fully saturated rings. The number of aryl methyl sites for hydroxylation is 1. The van der Waals surface area contributed by atoms with Gasteiger partial charge in [0.15, 0.2) is 0 Å². The second-order valence-corrected chi connectivity index (χ2v) is 16.7. The third-order valence-corrected chi connectivity index (χ3v) is 12.5. The normalized spacial score (nSPS) is 29.0. The number of rotatable bonds is 7. The molecule has 3 N–H and O–H groups in total. The van der Waals surface area contributed by atoms with Crippen molar-refractivity contribution in [1.29, 1.82) is 0 Å². The van der Waals surface area contributed by atoms with Crippen LogP contribution in [0.4, 0.5) is 9.59 Å². The van der Waals surface area contributed by atoms with Crippen molar-refractivity contribution < 1.29 is 37.1 Å². The Labute approximate surface area is 293 Å². The van der Waals surface area contributed by atoms with E-state index in [9.17, 15) is 32.4 Å². The number of sulfonamides is 1. The van der Waals surface area contributed by atoms with E-state index in [1.807, 2.05) is 12.1 Å². The van der Waals surface area contributed by atoms with E-state index in [4.69, 9.17) is 4.74 Å². The van der Waals surface area contributed by atoms with Crippen LogP contribution >= 0.6 is 0 Å². The average Bonchev–Trinajstić information content (AvgIpc) is 3.96. The maximum absolute atomic E-state index is 14.3. The minimum Gasteiger partial charge on any atom is -0.444 e. The molecule has 5 atom stereocenters. The molecular formula is C35H48N6O8S. The first-order valence-corrected chi connectivity index (χ1v) is 19.2. The van der Waals surface area contributed by atoms with Crippen LogP contribution in [0, 0.1) is 11.8 Å². The van der Waals surface area contributed by atoms with Gasteiger partial charge in [-0.3, -0.25) is 24.0 Å². The zero-order valence-electron chi connectivity index (χ0n) is 29.0. The van der Waals surface area contributed by atoms with Crippen LogP contribution in [0.1, 0.15) is 75.5 Å². The highest BCUT2D eigenvalue weighted by atomic mass is 32.2. The number of hydrogen-bond donors (Lipinski definition) is 3. The Kier molecular flexibility index (Phi) is 9.90. The summed E-state index contributed by atoms with van der Waals surface area (Å²) in [5.41, 5.74) is 1.78. The highest BCUT2D eigenvalue weighted by Gasteiger charge is 2.62. The molecule has 14 nitrogen and oxygen atoms in total. The summed E-state index contributed by atoms with van der Waals surface area (Å²) in [6, 6.07) is 3.50. The van der Waals surface area contributed by atoms with Crippen molar-refractivity contribution in [3.05, 3.63) is 47.5 Å². The smallest absolute Gasteiger partial charge is 0.410 e. The average molecular weight is 713 g/mol. The van der Waals surface area contributed by atoms with Gasteiger partial charge in [0.05, 0.1) is 11.8 Å². The van der Waals surface area contributed by atoms with Gasteiger partial charge in [0.25, 0.3) is 5.91 Å². The third-order valence-electron chi connectivity index (χ3n) is 10.7. The van der Waals surface area contributed by atoms with Crippen molar-refractivity contribution in [1.82, 2.24) is 30.1 Å². The number of fused-ring (bicyclic) bond motifs is 3. The first-order valence-electron chi connectivity index (χ1n) is 17.6. The topological polar surface area (TPSA) is 175 Å². The predicted molar refractivity (Wildman–Crippen MR) is 183 cm³/mol. The van der Waals surface area contributed by atoms with E-state index < -0.39 is 74.8 Å². The lowest BCUT2D eigenvalue weighted by atomic mass is 9.98. The fourth-order valence-electron chi connectivity index (χ4n) is 7.34. The molecule has 1 saturated heterocycles. The zero-order valence-corrected chi connectivity index (χ0v) is 29.8. The summed E-state index contributed by atoms with van der Waals surface area (Å²) in [6.07, 6.45) is 4.52. The standard InChI is InChI=1S/C35H48N6O8S/c1-5-24-17-35(24,32(44)38-50(47,48)26-13-14-26)37-30(42)28-16-25-19-41(28)31(43)29(21(2)3)36-33(45)39(4)15-8-6-7-10-22-11-9-12-23-18-40(20-27(22)23)34(46)49-25/h5,9,11-12,21,24-26,28-29H,1,6-8,10,13-20H2,2-4H3,(H,36,45)(H,37,42)(H,38,44)/t24-,25+,28-,29-,35+/m0/s1. The van der Waals surface area contributed by atoms with Crippen molar-refractivity contribution in [2.24, 2.45) is 11.8 Å². The van der Waals surface area contributed by atoms with E-state index in [-0.39, 0.29) is 25.3 Å². The molecule has 50 heavy (non-hydrogen) atoms. The van der Waals surface area contributed by atoms with Gasteiger partial charge >= 0.3 is 12.1 Å². The lowest BCUT2D eigenvalue weighted by Crippen LogP contribution is -2.59. The molecule has 4 bridgehead atoms. The van der Waals surface area contributed by atoms with Gasteiger partial charge in [0.1, 0.15) is 23.7 Å². The Morgan fingerprint density at radius 2 is 1.84 bits per heavy atom. The summed E-state index contributed by atoms with van der Waals surface area (Å²) >= 11 is 0. The number of urea groups is 1. The van der Waals surface area contributed by atoms with Crippen LogP contribution in [0.5, 0.6) is 0 Å². The molecule has 3 aliphatic heterocycles. The molecule has 2 aliphatic carbocycles. The molecular weight excluding hydrogens is 664 g/mol. The Morgan fingerprint density at radius 1 is 1.10 bits per heavy atom. The first-order chi connectivity index (χ1) is 23.7. The summed E-state index contributed by atoms with van der Waals surface area (Å²) < 4.78 is 33.3. The van der Waals surface area contributed by atoms with Crippen LogP contribution in [0.25, 0.3) is 0 Å². The van der Waals surface area contributed by atoms with E-state index in [1.54, 1.807) is 30.7 Å². The monoisotopic (exact) mass is 712 g/mol. The third kappa shape index (κ3) is 7.19. The van der Waals surface area contributed by atoms with Gasteiger partial charge in [-0.15, -0.1) is 6.58 Å². The van der Waals surface area contributed by atoms with E-state index >= 15 is 0 Å². The number of amides is 6. The molecule has 1 aromatic rings. The maximum Gasteiger partial charge on any atom is 0.410 e. The van der Waals surface area contributed by atoms with Gasteiger partial charge in [-0.25, -0.2) is 18.0 Å². The molecule has 6 rings (SSSR count). The molecule has 0 radical (unpaired) electrons. The Bertz CT molecular complexity index is 1680. The lowest BCUT2D eigenvalue weighted by Gasteiger charge is -2.32. The molecule has 1 aromatic carbocycles. The van der Waals surface area contributed by atoms with Crippen LogP contribution < -0.4 is 15.4 Å². The van der Waals surface area contributed by atoms with Crippen molar-refractivity contribution in [2.45, 2.75) is 107 Å². The largest absolute Gasteiger partial charge is 0.444 e. The molecule has 5 aliphatic rings. The van der Waals surface area contributed by atoms with E-state index in [0.29, 0.717) is 32.5 Å². The van der Waals surface area contributed by atoms with Crippen molar-refractivity contribution in [3.63, 3.8) is 0 Å². The highest BCUT2D eigenvalue weighted by Crippen LogP contribution is 2.45. The Morgan fingerprint density at radius 3 is 2.52 bits per heavy atom. The molecule has 0 aromatic heterocycles. The van der Waals surface area contributed by atoms with Crippen molar-refractivity contribution in [2.75, 3.05) is 20.1 Å². The molecule has 3 heterocycles. The summed E-state index contributed by atoms with van der Waals surface area (Å²) in [7, 11) is -2.21. The summed E-state index contributed by atoms with van der Waals surface area (Å²) in [4.78, 5) is 73.0. The maximum atomic E-state index is 14.3. The van der Waals surface area contributed by atoms with Gasteiger partial charge < -0.3 is 25.2 Å². The van der Waals surface area contributed by atoms with Crippen molar-refractivity contribution >= 4 is 39.9 Å². The second kappa shape index (κ2) is 13.9. The van der Waals surface area contributed by atoms with Gasteiger partial charge in [0.2, 0.25) is 21.8 Å². The molecule has 272 valence electrons. The Balaban J connectivity index is 1.26. The number of hydrogen-bond acceptors (Lipinski definition) is 8. The second-order valence-electron chi connectivity index (χ2n) is 14.7. The first kappa shape index (κ1) is 35.7. The SMILES string of the molecule is C=C[C@H]1C[C@]1(NC(=O)[C@@H]1C[C@@H]2CN1C(=O)[C@H](C(C)C)NC(=O)N(C)CCCCCc1cccc3c1CN(C3)C(=O)O2)C(=O)NS(=O)(=O)C1CC1. The van der Waals surface area contributed by atoms with E-state index in [1.165, 1.54) is 16.5 Å². The lowest BCUT2D eigenvalue weighted by molar-refractivity contribution is -0.141. The van der Waals surface area contributed by atoms with Crippen molar-refractivity contribution in [3.8, 4) is 0 Å². The van der Waals surface area contributed by atoms with Crippen LogP contribution in [0.2, 0.25) is 0 Å². The van der Waals surface area contributed by atoms with E-state index in [0.717, 1.165) is 36.8 Å². The quantitative estimate of drug-likeness (QED) is 0.361. The fourth-order valence-corrected chi connectivity index (χ4v) is 8.71. The molecule has 0 spiro atoms. The minimum atomic E-state index is -3.89. The van der Waals surface area contributed by atoms with Gasteiger partial charge in [-0.1, -0.05) is 44.5 Å². The fraction of sp³-hybridized carbons (Fsp3) is 0.629. The molecule has 0 unspecified atom stereocenters. The summed E-state index contributed by atoms with van der Waals surface area (Å²) in [5.74, 6) is -2.94. The van der Waals surface area contributed by atoms with Crippen LogP contribution in [-0.4, -0.2) is 102 Å². The summed E-state index contributed by atoms with van der Waals surface area (Å²) in [6.45, 7) is 8.50. The van der Waals surface area contributed by atoms with Gasteiger partial charge in [-0.2, -0.15) is 0 Å². The predicted octanol–water partition coefficient (Wildman–Crippen LogP) is 2.17. The molecule has 15 heteroatoms. The number of carbonyl (C=O) groups is 5. The minimum absolute atomic E-state index is 0.0508. The number of benzene rings is 1. The highest BCUT2D eigenvalue weighted by molar-refractivity contribution is 7.91. The van der Waals surface area contributed by atoms with Crippen LogP contribution in [-0.2, 0) is 48.7 Å². The number of carbonyl (C=O) groups excluding carboxylic acids is 5. The summed E-state index contributed by atoms with van der Waals surface area (Å²) in [5, 5.41) is 4.96. The molecule has 6 amide bonds. The van der Waals surface area contributed by atoms with Gasteiger partial charge in [-0.05, 0) is 61.1 Å².